The first-order valence-electron chi connectivity index (χ1n) is 6.19. The Morgan fingerprint density at radius 1 is 1.06 bits per heavy atom. The Balaban J connectivity index is 2.48. The third kappa shape index (κ3) is 2.33. The van der Waals surface area contributed by atoms with Crippen LogP contribution in [0.4, 0.5) is 5.69 Å². The topological polar surface area (TPSA) is 35.2 Å². The predicted molar refractivity (Wildman–Crippen MR) is 77.0 cm³/mol. The van der Waals surface area contributed by atoms with Crippen molar-refractivity contribution in [3.05, 3.63) is 47.5 Å². The fraction of sp³-hybridized carbons (Fsp3) is 0.250. The number of hydrogen-bond acceptors (Lipinski definition) is 2. The Kier molecular flexibility index (Phi) is 3.56. The first-order chi connectivity index (χ1) is 8.65. The number of rotatable bonds is 3. The first-order valence-corrected chi connectivity index (χ1v) is 6.19. The Hall–Kier alpha value is -1.96. The molecule has 94 valence electrons. The monoisotopic (exact) mass is 241 g/mol. The zero-order chi connectivity index (χ0) is 13.1. The van der Waals surface area contributed by atoms with Gasteiger partial charge in [-0.05, 0) is 47.7 Å². The van der Waals surface area contributed by atoms with E-state index in [-0.39, 0.29) is 0 Å². The van der Waals surface area contributed by atoms with Gasteiger partial charge in [0, 0.05) is 0 Å². The zero-order valence-corrected chi connectivity index (χ0v) is 11.2. The van der Waals surface area contributed by atoms with Gasteiger partial charge >= 0.3 is 0 Å². The molecule has 0 radical (unpaired) electrons. The van der Waals surface area contributed by atoms with Gasteiger partial charge in [0.05, 0.1) is 12.8 Å². The van der Waals surface area contributed by atoms with E-state index in [1.54, 1.807) is 7.11 Å². The lowest BCUT2D eigenvalue weighted by Gasteiger charge is -2.10. The molecule has 18 heavy (non-hydrogen) atoms. The van der Waals surface area contributed by atoms with Crippen LogP contribution in [0.1, 0.15) is 18.1 Å². The Morgan fingerprint density at radius 3 is 2.39 bits per heavy atom. The van der Waals surface area contributed by atoms with Crippen molar-refractivity contribution in [3.63, 3.8) is 0 Å². The van der Waals surface area contributed by atoms with Crippen LogP contribution in [-0.4, -0.2) is 7.11 Å². The highest BCUT2D eigenvalue weighted by atomic mass is 16.5. The normalized spacial score (nSPS) is 10.4. The molecule has 0 aliphatic heterocycles. The first kappa shape index (κ1) is 12.5. The quantitative estimate of drug-likeness (QED) is 0.829. The van der Waals surface area contributed by atoms with Crippen LogP contribution in [0.15, 0.2) is 36.4 Å². The van der Waals surface area contributed by atoms with E-state index in [9.17, 15) is 0 Å². The van der Waals surface area contributed by atoms with Crippen molar-refractivity contribution in [1.82, 2.24) is 0 Å². The van der Waals surface area contributed by atoms with Crippen molar-refractivity contribution in [3.8, 4) is 16.9 Å². The number of aryl methyl sites for hydroxylation is 2. The van der Waals surface area contributed by atoms with Gasteiger partial charge in [-0.2, -0.15) is 0 Å². The molecule has 2 aromatic rings. The zero-order valence-electron chi connectivity index (χ0n) is 11.2. The summed E-state index contributed by atoms with van der Waals surface area (Å²) in [4.78, 5) is 0. The van der Waals surface area contributed by atoms with Crippen molar-refractivity contribution in [2.24, 2.45) is 0 Å². The van der Waals surface area contributed by atoms with Crippen molar-refractivity contribution < 1.29 is 4.74 Å². The molecule has 0 bridgehead atoms. The lowest BCUT2D eigenvalue weighted by Crippen LogP contribution is -1.93. The van der Waals surface area contributed by atoms with Crippen molar-refractivity contribution in [2.75, 3.05) is 12.8 Å². The third-order valence-electron chi connectivity index (χ3n) is 3.30. The molecule has 0 atom stereocenters. The molecule has 2 rings (SSSR count). The maximum Gasteiger partial charge on any atom is 0.142 e. The smallest absolute Gasteiger partial charge is 0.142 e. The third-order valence-corrected chi connectivity index (χ3v) is 3.30. The van der Waals surface area contributed by atoms with E-state index in [2.05, 4.69) is 32.0 Å². The van der Waals surface area contributed by atoms with Crippen LogP contribution in [0.5, 0.6) is 5.75 Å². The molecule has 0 fully saturated rings. The van der Waals surface area contributed by atoms with Crippen molar-refractivity contribution in [2.45, 2.75) is 20.3 Å². The Morgan fingerprint density at radius 2 is 1.72 bits per heavy atom. The van der Waals surface area contributed by atoms with Gasteiger partial charge in [0.1, 0.15) is 5.75 Å². The summed E-state index contributed by atoms with van der Waals surface area (Å²) < 4.78 is 5.26. The lowest BCUT2D eigenvalue weighted by atomic mass is 9.98. The molecule has 0 spiro atoms. The molecular formula is C16H19NO. The molecule has 0 amide bonds. The molecule has 0 saturated heterocycles. The largest absolute Gasteiger partial charge is 0.495 e. The fourth-order valence-electron chi connectivity index (χ4n) is 2.12. The molecular weight excluding hydrogens is 222 g/mol. The number of nitrogens with two attached hydrogens (primary N) is 1. The predicted octanol–water partition coefficient (Wildman–Crippen LogP) is 3.82. The molecule has 0 saturated carbocycles. The van der Waals surface area contributed by atoms with Gasteiger partial charge in [0.25, 0.3) is 0 Å². The van der Waals surface area contributed by atoms with E-state index in [1.165, 1.54) is 16.7 Å². The Bertz CT molecular complexity index is 510. The van der Waals surface area contributed by atoms with E-state index in [0.29, 0.717) is 5.69 Å². The van der Waals surface area contributed by atoms with E-state index in [1.807, 2.05) is 18.2 Å². The minimum Gasteiger partial charge on any atom is -0.495 e. The SMILES string of the molecule is CCc1cc(-c2ccc(N)c(OC)c2)ccc1C. The van der Waals surface area contributed by atoms with E-state index in [4.69, 9.17) is 10.5 Å². The molecule has 2 aromatic carbocycles. The minimum atomic E-state index is 0.670. The summed E-state index contributed by atoms with van der Waals surface area (Å²) in [5.41, 5.74) is 11.6. The van der Waals surface area contributed by atoms with Gasteiger partial charge in [-0.15, -0.1) is 0 Å². The van der Waals surface area contributed by atoms with Gasteiger partial charge < -0.3 is 10.5 Å². The number of ether oxygens (including phenoxy) is 1. The molecule has 2 heteroatoms. The fourth-order valence-corrected chi connectivity index (χ4v) is 2.12. The number of nitrogen functional groups attached to an aromatic ring is 1. The van der Waals surface area contributed by atoms with Gasteiger partial charge in [-0.25, -0.2) is 0 Å². The van der Waals surface area contributed by atoms with E-state index in [0.717, 1.165) is 17.7 Å². The molecule has 0 aromatic heterocycles. The highest BCUT2D eigenvalue weighted by molar-refractivity contribution is 5.70. The summed E-state index contributed by atoms with van der Waals surface area (Å²) in [6.07, 6.45) is 1.05. The summed E-state index contributed by atoms with van der Waals surface area (Å²) in [7, 11) is 1.64. The maximum absolute atomic E-state index is 5.83. The second-order valence-corrected chi connectivity index (χ2v) is 4.45. The Labute approximate surface area is 108 Å². The summed E-state index contributed by atoms with van der Waals surface area (Å²) in [5.74, 6) is 0.728. The van der Waals surface area contributed by atoms with Crippen molar-refractivity contribution >= 4 is 5.69 Å². The summed E-state index contributed by atoms with van der Waals surface area (Å²) in [5, 5.41) is 0. The summed E-state index contributed by atoms with van der Waals surface area (Å²) in [6.45, 7) is 4.32. The standard InChI is InChI=1S/C16H19NO/c1-4-12-9-13(6-5-11(12)2)14-7-8-15(17)16(10-14)18-3/h5-10H,4,17H2,1-3H3. The summed E-state index contributed by atoms with van der Waals surface area (Å²) in [6, 6.07) is 12.4. The summed E-state index contributed by atoms with van der Waals surface area (Å²) >= 11 is 0. The van der Waals surface area contributed by atoms with Crippen LogP contribution < -0.4 is 10.5 Å². The molecule has 0 unspecified atom stereocenters. The maximum atomic E-state index is 5.83. The van der Waals surface area contributed by atoms with Gasteiger partial charge in [0.2, 0.25) is 0 Å². The second kappa shape index (κ2) is 5.13. The number of anilines is 1. The van der Waals surface area contributed by atoms with Crippen molar-refractivity contribution in [1.29, 1.82) is 0 Å². The molecule has 0 aliphatic rings. The number of hydrogen-bond donors (Lipinski definition) is 1. The van der Waals surface area contributed by atoms with Crippen LogP contribution >= 0.6 is 0 Å². The molecule has 0 heterocycles. The van der Waals surface area contributed by atoms with Gasteiger partial charge in [-0.3, -0.25) is 0 Å². The molecule has 0 aliphatic carbocycles. The highest BCUT2D eigenvalue weighted by Gasteiger charge is 2.05. The molecule has 2 N–H and O–H groups in total. The van der Waals surface area contributed by atoms with E-state index >= 15 is 0 Å². The lowest BCUT2D eigenvalue weighted by molar-refractivity contribution is 0.417. The average Bonchev–Trinajstić information content (AvgIpc) is 2.40. The second-order valence-electron chi connectivity index (χ2n) is 4.45. The van der Waals surface area contributed by atoms with Crippen LogP contribution in [0, 0.1) is 6.92 Å². The number of benzene rings is 2. The van der Waals surface area contributed by atoms with Crippen LogP contribution in [0.25, 0.3) is 11.1 Å². The minimum absolute atomic E-state index is 0.670. The average molecular weight is 241 g/mol. The molecule has 2 nitrogen and oxygen atoms in total. The van der Waals surface area contributed by atoms with Crippen LogP contribution in [0.2, 0.25) is 0 Å². The van der Waals surface area contributed by atoms with Crippen LogP contribution in [0.3, 0.4) is 0 Å². The number of methoxy groups -OCH3 is 1. The van der Waals surface area contributed by atoms with Gasteiger partial charge in [-0.1, -0.05) is 31.2 Å². The highest BCUT2D eigenvalue weighted by Crippen LogP contribution is 2.29. The van der Waals surface area contributed by atoms with E-state index < -0.39 is 0 Å². The van der Waals surface area contributed by atoms with Gasteiger partial charge in [0.15, 0.2) is 0 Å². The van der Waals surface area contributed by atoms with Crippen LogP contribution in [-0.2, 0) is 6.42 Å².